The molecule has 106 valence electrons. The molecule has 18 heavy (non-hydrogen) atoms. The number of hydrogen-bond donors (Lipinski definition) is 1. The molecule has 0 saturated heterocycles. The van der Waals surface area contributed by atoms with Crippen molar-refractivity contribution in [3.05, 3.63) is 0 Å². The Hall–Kier alpha value is -1.31. The van der Waals surface area contributed by atoms with Gasteiger partial charge in [-0.1, -0.05) is 0 Å². The molecule has 0 bridgehead atoms. The van der Waals surface area contributed by atoms with Crippen LogP contribution in [0.3, 0.4) is 0 Å². The Morgan fingerprint density at radius 2 is 1.78 bits per heavy atom. The van der Waals surface area contributed by atoms with Gasteiger partial charge in [-0.3, -0.25) is 4.79 Å². The van der Waals surface area contributed by atoms with Crippen molar-refractivity contribution >= 4 is 22.1 Å². The van der Waals surface area contributed by atoms with Crippen LogP contribution in [-0.4, -0.2) is 38.9 Å². The Bertz CT molecular complexity index is 395. The standard InChI is InChI=1S/C10H19NO6S/c1-10(2,3)17-9(13)11-18(14,15)7-5-6-8(12)16-4/h5-7H2,1-4H3,(H,11,13). The fourth-order valence-corrected chi connectivity index (χ4v) is 1.91. The van der Waals surface area contributed by atoms with Gasteiger partial charge in [0.2, 0.25) is 10.0 Å². The van der Waals surface area contributed by atoms with Gasteiger partial charge in [-0.15, -0.1) is 0 Å². The second-order valence-electron chi connectivity index (χ2n) is 4.60. The van der Waals surface area contributed by atoms with E-state index in [-0.39, 0.29) is 18.6 Å². The van der Waals surface area contributed by atoms with Gasteiger partial charge in [0.25, 0.3) is 0 Å². The van der Waals surface area contributed by atoms with Crippen molar-refractivity contribution in [1.29, 1.82) is 0 Å². The van der Waals surface area contributed by atoms with E-state index in [1.807, 2.05) is 0 Å². The summed E-state index contributed by atoms with van der Waals surface area (Å²) in [5.41, 5.74) is -0.772. The zero-order valence-electron chi connectivity index (χ0n) is 11.0. The van der Waals surface area contributed by atoms with Gasteiger partial charge in [0, 0.05) is 6.42 Å². The van der Waals surface area contributed by atoms with Crippen LogP contribution in [0.1, 0.15) is 33.6 Å². The molecule has 0 aliphatic carbocycles. The number of rotatable bonds is 5. The minimum atomic E-state index is -3.79. The lowest BCUT2D eigenvalue weighted by Gasteiger charge is -2.19. The largest absolute Gasteiger partial charge is 0.469 e. The molecular formula is C10H19NO6S. The number of nitrogens with one attached hydrogen (secondary N) is 1. The number of hydrogen-bond acceptors (Lipinski definition) is 6. The van der Waals surface area contributed by atoms with Crippen molar-refractivity contribution < 1.29 is 27.5 Å². The highest BCUT2D eigenvalue weighted by Crippen LogP contribution is 2.07. The second kappa shape index (κ2) is 6.58. The summed E-state index contributed by atoms with van der Waals surface area (Å²) in [5, 5.41) is 0. The van der Waals surface area contributed by atoms with E-state index in [0.29, 0.717) is 0 Å². The summed E-state index contributed by atoms with van der Waals surface area (Å²) in [6.07, 6.45) is -0.975. The van der Waals surface area contributed by atoms with E-state index in [4.69, 9.17) is 4.74 Å². The van der Waals surface area contributed by atoms with Crippen LogP contribution in [0.5, 0.6) is 0 Å². The third-order valence-electron chi connectivity index (χ3n) is 1.66. The molecule has 0 radical (unpaired) electrons. The summed E-state index contributed by atoms with van der Waals surface area (Å²) < 4.78 is 33.8. The van der Waals surface area contributed by atoms with E-state index in [1.165, 1.54) is 7.11 Å². The van der Waals surface area contributed by atoms with Crippen LogP contribution >= 0.6 is 0 Å². The van der Waals surface area contributed by atoms with Crippen LogP contribution in [-0.2, 0) is 24.3 Å². The summed E-state index contributed by atoms with van der Waals surface area (Å²) in [4.78, 5) is 22.0. The number of carbonyl (C=O) groups is 2. The highest BCUT2D eigenvalue weighted by atomic mass is 32.2. The zero-order chi connectivity index (χ0) is 14.4. The molecule has 0 saturated carbocycles. The molecule has 1 amide bonds. The van der Waals surface area contributed by atoms with Crippen LogP contribution < -0.4 is 4.72 Å². The van der Waals surface area contributed by atoms with E-state index in [2.05, 4.69) is 4.74 Å². The van der Waals surface area contributed by atoms with E-state index in [0.717, 1.165) is 0 Å². The Labute approximate surface area is 107 Å². The van der Waals surface area contributed by atoms with Crippen molar-refractivity contribution in [1.82, 2.24) is 4.72 Å². The minimum Gasteiger partial charge on any atom is -0.469 e. The Morgan fingerprint density at radius 3 is 2.22 bits per heavy atom. The average molecular weight is 281 g/mol. The number of carbonyl (C=O) groups excluding carboxylic acids is 2. The Balaban J connectivity index is 4.16. The summed E-state index contributed by atoms with van der Waals surface area (Å²) in [6.45, 7) is 4.86. The SMILES string of the molecule is COC(=O)CCCS(=O)(=O)NC(=O)OC(C)(C)C. The summed E-state index contributed by atoms with van der Waals surface area (Å²) in [5.74, 6) is -0.844. The zero-order valence-corrected chi connectivity index (χ0v) is 11.8. The third-order valence-corrected chi connectivity index (χ3v) is 2.96. The van der Waals surface area contributed by atoms with Gasteiger partial charge in [-0.25, -0.2) is 17.9 Å². The van der Waals surface area contributed by atoms with Crippen molar-refractivity contribution in [2.75, 3.05) is 12.9 Å². The van der Waals surface area contributed by atoms with Crippen LogP contribution in [0.15, 0.2) is 0 Å². The normalized spacial score (nSPS) is 11.8. The highest BCUT2D eigenvalue weighted by Gasteiger charge is 2.21. The van der Waals surface area contributed by atoms with Crippen molar-refractivity contribution in [2.24, 2.45) is 0 Å². The fourth-order valence-electron chi connectivity index (χ4n) is 0.986. The first kappa shape index (κ1) is 16.7. The van der Waals surface area contributed by atoms with Gasteiger partial charge in [-0.2, -0.15) is 0 Å². The molecule has 0 fully saturated rings. The quantitative estimate of drug-likeness (QED) is 0.748. The molecule has 8 heteroatoms. The predicted molar refractivity (Wildman–Crippen MR) is 64.4 cm³/mol. The Kier molecular flexibility index (Phi) is 6.10. The molecule has 0 atom stereocenters. The van der Waals surface area contributed by atoms with E-state index >= 15 is 0 Å². The topological polar surface area (TPSA) is 98.8 Å². The molecule has 0 aliphatic rings. The molecule has 0 aromatic heterocycles. The molecule has 0 rings (SSSR count). The van der Waals surface area contributed by atoms with Gasteiger partial charge >= 0.3 is 12.1 Å². The minimum absolute atomic E-state index is 0.0221. The maximum atomic E-state index is 11.4. The van der Waals surface area contributed by atoms with Gasteiger partial charge in [-0.05, 0) is 27.2 Å². The van der Waals surface area contributed by atoms with Gasteiger partial charge in [0.05, 0.1) is 12.9 Å². The highest BCUT2D eigenvalue weighted by molar-refractivity contribution is 7.90. The molecule has 1 N–H and O–H groups in total. The molecule has 0 aromatic carbocycles. The Morgan fingerprint density at radius 1 is 1.22 bits per heavy atom. The third kappa shape index (κ3) is 8.80. The number of amides is 1. The number of methoxy groups -OCH3 is 1. The molecular weight excluding hydrogens is 262 g/mol. The van der Waals surface area contributed by atoms with Gasteiger partial charge < -0.3 is 9.47 Å². The molecule has 0 heterocycles. The maximum Gasteiger partial charge on any atom is 0.421 e. The van der Waals surface area contributed by atoms with Crippen molar-refractivity contribution in [3.8, 4) is 0 Å². The first-order chi connectivity index (χ1) is 8.06. The predicted octanol–water partition coefficient (Wildman–Crippen LogP) is 0.794. The van der Waals surface area contributed by atoms with Gasteiger partial charge in [0.15, 0.2) is 0 Å². The smallest absolute Gasteiger partial charge is 0.421 e. The van der Waals surface area contributed by atoms with Crippen molar-refractivity contribution in [2.45, 2.75) is 39.2 Å². The van der Waals surface area contributed by atoms with E-state index in [1.54, 1.807) is 25.5 Å². The lowest BCUT2D eigenvalue weighted by Crippen LogP contribution is -2.37. The number of esters is 1. The molecule has 0 spiro atoms. The van der Waals surface area contributed by atoms with Gasteiger partial charge in [0.1, 0.15) is 5.60 Å². The van der Waals surface area contributed by atoms with Crippen LogP contribution in [0.2, 0.25) is 0 Å². The van der Waals surface area contributed by atoms with Crippen LogP contribution in [0.4, 0.5) is 4.79 Å². The lowest BCUT2D eigenvalue weighted by atomic mass is 10.2. The molecule has 0 unspecified atom stereocenters. The van der Waals surface area contributed by atoms with E-state index in [9.17, 15) is 18.0 Å². The first-order valence-electron chi connectivity index (χ1n) is 5.36. The van der Waals surface area contributed by atoms with Crippen molar-refractivity contribution in [3.63, 3.8) is 0 Å². The fraction of sp³-hybridized carbons (Fsp3) is 0.800. The summed E-state index contributed by atoms with van der Waals surface area (Å²) in [6, 6.07) is 0. The summed E-state index contributed by atoms with van der Waals surface area (Å²) >= 11 is 0. The summed E-state index contributed by atoms with van der Waals surface area (Å²) in [7, 11) is -2.57. The molecule has 0 aliphatic heterocycles. The second-order valence-corrected chi connectivity index (χ2v) is 6.44. The number of sulfonamides is 1. The van der Waals surface area contributed by atoms with Crippen LogP contribution in [0, 0.1) is 0 Å². The average Bonchev–Trinajstić information content (AvgIpc) is 2.12. The lowest BCUT2D eigenvalue weighted by molar-refractivity contribution is -0.140. The number of ether oxygens (including phenoxy) is 2. The first-order valence-corrected chi connectivity index (χ1v) is 7.01. The molecule has 0 aromatic rings. The molecule has 7 nitrogen and oxygen atoms in total. The maximum absolute atomic E-state index is 11.4. The van der Waals surface area contributed by atoms with Crippen LogP contribution in [0.25, 0.3) is 0 Å². The monoisotopic (exact) mass is 281 g/mol. The van der Waals surface area contributed by atoms with E-state index < -0.39 is 27.7 Å².